The van der Waals surface area contributed by atoms with E-state index in [1.54, 1.807) is 24.3 Å². The van der Waals surface area contributed by atoms with Crippen LogP contribution in [0.25, 0.3) is 6.08 Å². The summed E-state index contributed by atoms with van der Waals surface area (Å²) in [6.07, 6.45) is 2.89. The van der Waals surface area contributed by atoms with Crippen molar-refractivity contribution in [1.29, 1.82) is 0 Å². The standard InChI is InChI=1S/C28H29FN4O5/c1-33(2)22-11-9-18(10-12-22)13-23(31-27(34)20-7-6-8-21(29)16-20)28(35)32-30-17-19-14-24(36-3)26(38-5)25(15-19)37-4/h6-17H,1-5H3,(H,31,34)(H,32,35). The minimum absolute atomic E-state index is 0.0626. The van der Waals surface area contributed by atoms with Crippen molar-refractivity contribution >= 4 is 29.8 Å². The van der Waals surface area contributed by atoms with E-state index in [9.17, 15) is 14.0 Å². The van der Waals surface area contributed by atoms with Crippen LogP contribution in [0.2, 0.25) is 0 Å². The molecule has 2 N–H and O–H groups in total. The number of hydrazone groups is 1. The first-order valence-corrected chi connectivity index (χ1v) is 11.4. The number of ether oxygens (including phenoxy) is 3. The predicted molar refractivity (Wildman–Crippen MR) is 144 cm³/mol. The van der Waals surface area contributed by atoms with Gasteiger partial charge < -0.3 is 24.4 Å². The summed E-state index contributed by atoms with van der Waals surface area (Å²) in [5.74, 6) is -0.643. The maximum Gasteiger partial charge on any atom is 0.287 e. The lowest BCUT2D eigenvalue weighted by Gasteiger charge is -2.13. The third-order valence-electron chi connectivity index (χ3n) is 5.37. The minimum Gasteiger partial charge on any atom is -0.493 e. The summed E-state index contributed by atoms with van der Waals surface area (Å²) in [4.78, 5) is 27.7. The number of rotatable bonds is 10. The predicted octanol–water partition coefficient (Wildman–Crippen LogP) is 3.84. The first-order valence-electron chi connectivity index (χ1n) is 11.4. The number of halogens is 1. The molecule has 0 radical (unpaired) electrons. The summed E-state index contributed by atoms with van der Waals surface area (Å²) in [6.45, 7) is 0. The molecule has 9 nitrogen and oxygen atoms in total. The van der Waals surface area contributed by atoms with Gasteiger partial charge in [-0.25, -0.2) is 9.82 Å². The van der Waals surface area contributed by atoms with Crippen molar-refractivity contribution in [2.24, 2.45) is 5.10 Å². The van der Waals surface area contributed by atoms with Crippen molar-refractivity contribution in [2.75, 3.05) is 40.3 Å². The number of nitrogens with one attached hydrogen (secondary N) is 2. The number of carbonyl (C=O) groups excluding carboxylic acids is 2. The second-order valence-corrected chi connectivity index (χ2v) is 8.17. The SMILES string of the molecule is COc1cc(C=NNC(=O)C(=Cc2ccc(N(C)C)cc2)NC(=O)c2cccc(F)c2)cc(OC)c1OC. The Morgan fingerprint density at radius 1 is 0.895 bits per heavy atom. The van der Waals surface area contributed by atoms with Crippen molar-refractivity contribution < 1.29 is 28.2 Å². The molecule has 0 bridgehead atoms. The zero-order valence-corrected chi connectivity index (χ0v) is 21.7. The van der Waals surface area contributed by atoms with Crippen LogP contribution in [-0.4, -0.2) is 53.5 Å². The van der Waals surface area contributed by atoms with Crippen molar-refractivity contribution in [1.82, 2.24) is 10.7 Å². The quantitative estimate of drug-likeness (QED) is 0.239. The molecule has 2 amide bonds. The summed E-state index contributed by atoms with van der Waals surface area (Å²) < 4.78 is 29.6. The van der Waals surface area contributed by atoms with Gasteiger partial charge in [0.1, 0.15) is 11.5 Å². The number of amides is 2. The van der Waals surface area contributed by atoms with Gasteiger partial charge in [-0.3, -0.25) is 9.59 Å². The molecule has 0 saturated carbocycles. The lowest BCUT2D eigenvalue weighted by molar-refractivity contribution is -0.117. The van der Waals surface area contributed by atoms with Gasteiger partial charge in [-0.15, -0.1) is 0 Å². The minimum atomic E-state index is -0.685. The molecule has 0 fully saturated rings. The molecule has 0 atom stereocenters. The van der Waals surface area contributed by atoms with Gasteiger partial charge in [0.05, 0.1) is 27.5 Å². The molecular formula is C28H29FN4O5. The molecule has 0 saturated heterocycles. The zero-order chi connectivity index (χ0) is 27.7. The third kappa shape index (κ3) is 7.10. The van der Waals surface area contributed by atoms with Crippen LogP contribution in [0, 0.1) is 5.82 Å². The number of hydrogen-bond donors (Lipinski definition) is 2. The number of benzene rings is 3. The van der Waals surface area contributed by atoms with E-state index in [0.29, 0.717) is 28.4 Å². The highest BCUT2D eigenvalue weighted by molar-refractivity contribution is 6.05. The van der Waals surface area contributed by atoms with Crippen LogP contribution in [0.5, 0.6) is 17.2 Å². The maximum absolute atomic E-state index is 13.6. The van der Waals surface area contributed by atoms with Gasteiger partial charge in [-0.2, -0.15) is 5.10 Å². The van der Waals surface area contributed by atoms with Crippen molar-refractivity contribution in [3.8, 4) is 17.2 Å². The lowest BCUT2D eigenvalue weighted by Crippen LogP contribution is -2.32. The fraction of sp³-hybridized carbons (Fsp3) is 0.179. The molecule has 0 unspecified atom stereocenters. The number of hydrogen-bond acceptors (Lipinski definition) is 7. The Balaban J connectivity index is 1.86. The van der Waals surface area contributed by atoms with Crippen LogP contribution in [-0.2, 0) is 4.79 Å². The number of carbonyl (C=O) groups is 2. The molecule has 0 aromatic heterocycles. The largest absolute Gasteiger partial charge is 0.493 e. The van der Waals surface area contributed by atoms with Crippen molar-refractivity contribution in [3.63, 3.8) is 0 Å². The molecular weight excluding hydrogens is 491 g/mol. The van der Waals surface area contributed by atoms with Gasteiger partial charge in [0, 0.05) is 30.9 Å². The number of methoxy groups -OCH3 is 3. The summed E-state index contributed by atoms with van der Waals surface area (Å²) in [6, 6.07) is 15.8. The molecule has 38 heavy (non-hydrogen) atoms. The van der Waals surface area contributed by atoms with E-state index in [4.69, 9.17) is 14.2 Å². The van der Waals surface area contributed by atoms with Crippen LogP contribution in [0.3, 0.4) is 0 Å². The smallest absolute Gasteiger partial charge is 0.287 e. The lowest BCUT2D eigenvalue weighted by atomic mass is 10.1. The Morgan fingerprint density at radius 2 is 1.55 bits per heavy atom. The van der Waals surface area contributed by atoms with Gasteiger partial charge in [0.2, 0.25) is 5.75 Å². The molecule has 3 aromatic rings. The highest BCUT2D eigenvalue weighted by atomic mass is 19.1. The Kier molecular flexibility index (Phi) is 9.42. The number of nitrogens with zero attached hydrogens (tertiary/aromatic N) is 2. The second kappa shape index (κ2) is 12.9. The molecule has 3 aromatic carbocycles. The normalized spacial score (nSPS) is 11.2. The average Bonchev–Trinajstić information content (AvgIpc) is 2.92. The molecule has 0 aliphatic rings. The van der Waals surface area contributed by atoms with Crippen LogP contribution in [0.15, 0.2) is 71.5 Å². The topological polar surface area (TPSA) is 101 Å². The summed E-state index contributed by atoms with van der Waals surface area (Å²) in [5, 5.41) is 6.56. The Morgan fingerprint density at radius 3 is 2.11 bits per heavy atom. The van der Waals surface area contributed by atoms with Crippen LogP contribution in [0.1, 0.15) is 21.5 Å². The Bertz CT molecular complexity index is 1330. The Labute approximate surface area is 220 Å². The van der Waals surface area contributed by atoms with Gasteiger partial charge in [0.15, 0.2) is 11.5 Å². The maximum atomic E-state index is 13.6. The van der Waals surface area contributed by atoms with Crippen molar-refractivity contribution in [2.45, 2.75) is 0 Å². The van der Waals surface area contributed by atoms with Gasteiger partial charge in [-0.1, -0.05) is 18.2 Å². The van der Waals surface area contributed by atoms with E-state index < -0.39 is 17.6 Å². The zero-order valence-electron chi connectivity index (χ0n) is 21.7. The number of anilines is 1. The molecule has 0 aliphatic heterocycles. The summed E-state index contributed by atoms with van der Waals surface area (Å²) in [7, 11) is 8.30. The van der Waals surface area contributed by atoms with E-state index in [1.165, 1.54) is 51.8 Å². The van der Waals surface area contributed by atoms with Crippen molar-refractivity contribution in [3.05, 3.63) is 88.9 Å². The molecule has 0 heterocycles. The average molecular weight is 521 g/mol. The van der Waals surface area contributed by atoms with Crippen LogP contribution in [0.4, 0.5) is 10.1 Å². The molecule has 3 rings (SSSR count). The summed E-state index contributed by atoms with van der Waals surface area (Å²) >= 11 is 0. The van der Waals surface area contributed by atoms with E-state index in [2.05, 4.69) is 15.8 Å². The molecule has 0 aliphatic carbocycles. The Hall–Kier alpha value is -4.86. The fourth-order valence-corrected chi connectivity index (χ4v) is 3.42. The molecule has 0 spiro atoms. The second-order valence-electron chi connectivity index (χ2n) is 8.17. The molecule has 198 valence electrons. The first kappa shape index (κ1) is 27.7. The molecule has 10 heteroatoms. The van der Waals surface area contributed by atoms with Crippen LogP contribution < -0.4 is 29.9 Å². The van der Waals surface area contributed by atoms with E-state index in [0.717, 1.165) is 11.8 Å². The highest BCUT2D eigenvalue weighted by Crippen LogP contribution is 2.37. The fourth-order valence-electron chi connectivity index (χ4n) is 3.42. The van der Waals surface area contributed by atoms with E-state index >= 15 is 0 Å². The van der Waals surface area contributed by atoms with Crippen LogP contribution >= 0.6 is 0 Å². The summed E-state index contributed by atoms with van der Waals surface area (Å²) in [5.41, 5.74) is 4.57. The monoisotopic (exact) mass is 520 g/mol. The van der Waals surface area contributed by atoms with E-state index in [1.807, 2.05) is 31.1 Å². The van der Waals surface area contributed by atoms with Gasteiger partial charge in [-0.05, 0) is 54.1 Å². The third-order valence-corrected chi connectivity index (χ3v) is 5.37. The first-order chi connectivity index (χ1) is 18.2. The van der Waals surface area contributed by atoms with Gasteiger partial charge >= 0.3 is 0 Å². The van der Waals surface area contributed by atoms with Gasteiger partial charge in [0.25, 0.3) is 11.8 Å². The van der Waals surface area contributed by atoms with E-state index in [-0.39, 0.29) is 11.3 Å². The highest BCUT2D eigenvalue weighted by Gasteiger charge is 2.16.